The third-order valence-corrected chi connectivity index (χ3v) is 3.21. The van der Waals surface area contributed by atoms with Crippen LogP contribution in [0.2, 0.25) is 0 Å². The first-order valence-corrected chi connectivity index (χ1v) is 5.86. The van der Waals surface area contributed by atoms with Crippen LogP contribution in [0.1, 0.15) is 5.56 Å². The maximum absolute atomic E-state index is 10.3. The maximum Gasteiger partial charge on any atom is 0.240 e. The number of aromatic nitrogens is 1. The Balaban J connectivity index is 2.40. The fourth-order valence-corrected chi connectivity index (χ4v) is 2.26. The molecule has 0 fully saturated rings. The average molecular weight is 253 g/mol. The van der Waals surface area contributed by atoms with Gasteiger partial charge in [-0.3, -0.25) is 0 Å². The topological polar surface area (TPSA) is 66.1 Å². The summed E-state index contributed by atoms with van der Waals surface area (Å²) in [5.74, 6) is 0. The lowest BCUT2D eigenvalue weighted by molar-refractivity contribution is 0.565. The number of hydrogen-bond donors (Lipinski definition) is 0. The molecule has 0 amide bonds. The smallest absolute Gasteiger partial charge is 0.240 e. The van der Waals surface area contributed by atoms with E-state index >= 15 is 0 Å². The Morgan fingerprint density at radius 2 is 2.06 bits per heavy atom. The van der Waals surface area contributed by atoms with E-state index in [2.05, 4.69) is 16.0 Å². The number of benzene rings is 1. The van der Waals surface area contributed by atoms with Crippen LogP contribution in [0, 0.1) is 11.3 Å². The Morgan fingerprint density at radius 1 is 1.22 bits per heavy atom. The summed E-state index contributed by atoms with van der Waals surface area (Å²) in [6.07, 6.45) is 3.13. The van der Waals surface area contributed by atoms with Crippen molar-refractivity contribution in [2.24, 2.45) is 4.99 Å². The molecule has 86 valence electrons. The number of nitriles is 1. The SMILES string of the molecule is N#Cc1cccnc1Sc1ccccc1N=C=O. The van der Waals surface area contributed by atoms with Gasteiger partial charge in [-0.15, -0.1) is 0 Å². The van der Waals surface area contributed by atoms with E-state index in [9.17, 15) is 4.79 Å². The van der Waals surface area contributed by atoms with Crippen molar-refractivity contribution in [2.75, 3.05) is 0 Å². The molecule has 0 spiro atoms. The van der Waals surface area contributed by atoms with Crippen LogP contribution < -0.4 is 0 Å². The molecule has 0 radical (unpaired) electrons. The highest BCUT2D eigenvalue weighted by atomic mass is 32.2. The molecule has 0 saturated heterocycles. The Hall–Kier alpha value is -2.41. The van der Waals surface area contributed by atoms with Crippen molar-refractivity contribution >= 4 is 23.5 Å². The van der Waals surface area contributed by atoms with Crippen molar-refractivity contribution in [3.63, 3.8) is 0 Å². The van der Waals surface area contributed by atoms with Gasteiger partial charge in [0.25, 0.3) is 0 Å². The van der Waals surface area contributed by atoms with Gasteiger partial charge in [0.1, 0.15) is 11.1 Å². The monoisotopic (exact) mass is 253 g/mol. The van der Waals surface area contributed by atoms with Crippen LogP contribution in [0.3, 0.4) is 0 Å². The van der Waals surface area contributed by atoms with Gasteiger partial charge >= 0.3 is 0 Å². The van der Waals surface area contributed by atoms with Crippen molar-refractivity contribution in [2.45, 2.75) is 9.92 Å². The first-order chi connectivity index (χ1) is 8.85. The molecule has 4 nitrogen and oxygen atoms in total. The molecule has 0 bridgehead atoms. The normalized spacial score (nSPS) is 9.28. The molecule has 1 heterocycles. The van der Waals surface area contributed by atoms with E-state index < -0.39 is 0 Å². The van der Waals surface area contributed by atoms with E-state index in [0.717, 1.165) is 4.90 Å². The van der Waals surface area contributed by atoms with E-state index in [4.69, 9.17) is 5.26 Å². The highest BCUT2D eigenvalue weighted by Gasteiger charge is 2.08. The highest BCUT2D eigenvalue weighted by molar-refractivity contribution is 7.99. The number of rotatable bonds is 3. The predicted molar refractivity (Wildman–Crippen MR) is 67.3 cm³/mol. The molecule has 0 atom stereocenters. The van der Waals surface area contributed by atoms with E-state index in [1.165, 1.54) is 17.8 Å². The van der Waals surface area contributed by atoms with Gasteiger partial charge < -0.3 is 0 Å². The van der Waals surface area contributed by atoms with Gasteiger partial charge in [-0.1, -0.05) is 23.9 Å². The average Bonchev–Trinajstić information content (AvgIpc) is 2.42. The summed E-state index contributed by atoms with van der Waals surface area (Å²) in [7, 11) is 0. The zero-order chi connectivity index (χ0) is 12.8. The van der Waals surface area contributed by atoms with Gasteiger partial charge in [-0.05, 0) is 24.3 Å². The van der Waals surface area contributed by atoms with Crippen molar-refractivity contribution in [3.8, 4) is 6.07 Å². The molecule has 0 saturated carbocycles. The third-order valence-electron chi connectivity index (χ3n) is 2.13. The second-order valence-electron chi connectivity index (χ2n) is 3.24. The van der Waals surface area contributed by atoms with Crippen molar-refractivity contribution in [1.29, 1.82) is 5.26 Å². The van der Waals surface area contributed by atoms with Crippen LogP contribution in [0.5, 0.6) is 0 Å². The summed E-state index contributed by atoms with van der Waals surface area (Å²) in [4.78, 5) is 18.9. The van der Waals surface area contributed by atoms with Gasteiger partial charge in [-0.25, -0.2) is 9.78 Å². The highest BCUT2D eigenvalue weighted by Crippen LogP contribution is 2.34. The van der Waals surface area contributed by atoms with E-state index in [1.54, 1.807) is 30.5 Å². The van der Waals surface area contributed by atoms with Gasteiger partial charge in [0, 0.05) is 11.1 Å². The fraction of sp³-hybridized carbons (Fsp3) is 0. The maximum atomic E-state index is 10.3. The number of hydrogen-bond acceptors (Lipinski definition) is 5. The predicted octanol–water partition coefficient (Wildman–Crippen LogP) is 3.07. The van der Waals surface area contributed by atoms with Crippen LogP contribution in [0.25, 0.3) is 0 Å². The summed E-state index contributed by atoms with van der Waals surface area (Å²) < 4.78 is 0. The van der Waals surface area contributed by atoms with Crippen molar-refractivity contribution in [3.05, 3.63) is 48.2 Å². The molecule has 0 unspecified atom stereocenters. The van der Waals surface area contributed by atoms with Crippen LogP contribution >= 0.6 is 11.8 Å². The van der Waals surface area contributed by atoms with Gasteiger partial charge in [-0.2, -0.15) is 10.3 Å². The second kappa shape index (κ2) is 5.78. The summed E-state index contributed by atoms with van der Waals surface area (Å²) in [6.45, 7) is 0. The second-order valence-corrected chi connectivity index (χ2v) is 4.27. The molecule has 0 aliphatic rings. The molecule has 5 heteroatoms. The number of isocyanates is 1. The number of carbonyl (C=O) groups excluding carboxylic acids is 1. The molecule has 0 N–H and O–H groups in total. The van der Waals surface area contributed by atoms with Crippen LogP contribution in [-0.4, -0.2) is 11.1 Å². The summed E-state index contributed by atoms with van der Waals surface area (Å²) >= 11 is 1.30. The largest absolute Gasteiger partial charge is 0.248 e. The zero-order valence-corrected chi connectivity index (χ0v) is 10.0. The van der Waals surface area contributed by atoms with Gasteiger partial charge in [0.05, 0.1) is 11.3 Å². The fourth-order valence-electron chi connectivity index (χ4n) is 1.35. The lowest BCUT2D eigenvalue weighted by Crippen LogP contribution is -1.85. The summed E-state index contributed by atoms with van der Waals surface area (Å²) in [5.41, 5.74) is 1.01. The number of aliphatic imine (C=N–C) groups is 1. The van der Waals surface area contributed by atoms with Crippen LogP contribution in [0.15, 0.2) is 57.5 Å². The minimum Gasteiger partial charge on any atom is -0.248 e. The van der Waals surface area contributed by atoms with Crippen molar-refractivity contribution in [1.82, 2.24) is 4.98 Å². The third kappa shape index (κ3) is 2.64. The zero-order valence-electron chi connectivity index (χ0n) is 9.20. The van der Waals surface area contributed by atoms with E-state index in [-0.39, 0.29) is 0 Å². The molecular formula is C13H7N3OS. The minimum atomic E-state index is 0.493. The summed E-state index contributed by atoms with van der Waals surface area (Å²) in [5, 5.41) is 9.57. The number of para-hydroxylation sites is 1. The van der Waals surface area contributed by atoms with E-state index in [0.29, 0.717) is 16.3 Å². The Labute approximate surface area is 108 Å². The molecule has 18 heavy (non-hydrogen) atoms. The molecule has 1 aromatic heterocycles. The Bertz CT molecular complexity index is 657. The molecule has 2 rings (SSSR count). The number of pyridine rings is 1. The molecule has 2 aromatic rings. The van der Waals surface area contributed by atoms with Gasteiger partial charge in [0.15, 0.2) is 0 Å². The summed E-state index contributed by atoms with van der Waals surface area (Å²) in [6, 6.07) is 12.6. The minimum absolute atomic E-state index is 0.493. The first kappa shape index (κ1) is 12.1. The molecule has 1 aromatic carbocycles. The van der Waals surface area contributed by atoms with Crippen molar-refractivity contribution < 1.29 is 4.79 Å². The molecule has 0 aliphatic heterocycles. The number of nitrogens with zero attached hydrogens (tertiary/aromatic N) is 3. The Morgan fingerprint density at radius 3 is 2.83 bits per heavy atom. The standard InChI is InChI=1S/C13H7N3OS/c14-8-10-4-3-7-15-13(10)18-12-6-2-1-5-11(12)16-9-17/h1-7H. The first-order valence-electron chi connectivity index (χ1n) is 5.05. The quantitative estimate of drug-likeness (QED) is 0.622. The lowest BCUT2D eigenvalue weighted by Gasteiger charge is -2.04. The van der Waals surface area contributed by atoms with E-state index in [1.807, 2.05) is 12.1 Å². The van der Waals surface area contributed by atoms with Gasteiger partial charge in [0.2, 0.25) is 6.08 Å². The molecule has 0 aliphatic carbocycles. The van der Waals surface area contributed by atoms with Crippen LogP contribution in [-0.2, 0) is 4.79 Å². The lowest BCUT2D eigenvalue weighted by atomic mass is 10.3. The van der Waals surface area contributed by atoms with Crippen LogP contribution in [0.4, 0.5) is 5.69 Å². The molecular weight excluding hydrogens is 246 g/mol. The Kier molecular flexibility index (Phi) is 3.87.